The van der Waals surface area contributed by atoms with E-state index in [1.165, 1.54) is 11.8 Å². The number of benzene rings is 1. The van der Waals surface area contributed by atoms with Gasteiger partial charge < -0.3 is 9.15 Å². The molecule has 0 unspecified atom stereocenters. The van der Waals surface area contributed by atoms with Crippen LogP contribution >= 0.6 is 11.8 Å². The Kier molecular flexibility index (Phi) is 4.57. The van der Waals surface area contributed by atoms with Gasteiger partial charge in [0.1, 0.15) is 5.76 Å². The maximum atomic E-state index is 12.9. The van der Waals surface area contributed by atoms with E-state index in [9.17, 15) is 4.79 Å². The van der Waals surface area contributed by atoms with Crippen LogP contribution in [0.5, 0.6) is 5.88 Å². The zero-order valence-corrected chi connectivity index (χ0v) is 16.0. The molecule has 27 heavy (non-hydrogen) atoms. The van der Waals surface area contributed by atoms with Crippen LogP contribution in [0.25, 0.3) is 11.3 Å². The third-order valence-corrected chi connectivity index (χ3v) is 4.81. The van der Waals surface area contributed by atoms with E-state index < -0.39 is 6.23 Å². The summed E-state index contributed by atoms with van der Waals surface area (Å²) < 4.78 is 12.0. The van der Waals surface area contributed by atoms with E-state index in [4.69, 9.17) is 9.15 Å². The van der Waals surface area contributed by atoms with Crippen molar-refractivity contribution < 1.29 is 13.9 Å². The second-order valence-electron chi connectivity index (χ2n) is 6.01. The highest BCUT2D eigenvalue weighted by molar-refractivity contribution is 7.98. The molecule has 0 N–H and O–H groups in total. The average Bonchev–Trinajstić information content (AvgIpc) is 3.07. The Morgan fingerprint density at radius 1 is 1.22 bits per heavy atom. The highest BCUT2D eigenvalue weighted by atomic mass is 32.2. The average molecular weight is 382 g/mol. The number of carbonyl (C=O) groups excluding carboxylic acids is 1. The summed E-state index contributed by atoms with van der Waals surface area (Å²) in [7, 11) is 0. The van der Waals surface area contributed by atoms with E-state index in [1.54, 1.807) is 4.90 Å². The Balaban J connectivity index is 1.97. The molecule has 8 heteroatoms. The van der Waals surface area contributed by atoms with Crippen molar-refractivity contribution in [3.05, 3.63) is 47.9 Å². The predicted octanol–water partition coefficient (Wildman–Crippen LogP) is 4.00. The van der Waals surface area contributed by atoms with E-state index >= 15 is 0 Å². The molecular weight excluding hydrogens is 364 g/mol. The summed E-state index contributed by atoms with van der Waals surface area (Å²) in [5.41, 5.74) is 1.94. The Bertz CT molecular complexity index is 1000. The number of hydrogen-bond acceptors (Lipinski definition) is 7. The number of ether oxygens (including phenoxy) is 1. The van der Waals surface area contributed by atoms with Crippen LogP contribution in [0, 0.1) is 6.92 Å². The number of furan rings is 1. The molecule has 7 nitrogen and oxygen atoms in total. The lowest BCUT2D eigenvalue weighted by atomic mass is 10.1. The fourth-order valence-electron chi connectivity index (χ4n) is 3.01. The van der Waals surface area contributed by atoms with Crippen LogP contribution in [0.1, 0.15) is 31.1 Å². The summed E-state index contributed by atoms with van der Waals surface area (Å²) in [5.74, 6) is 1.50. The van der Waals surface area contributed by atoms with Crippen molar-refractivity contribution in [1.82, 2.24) is 15.2 Å². The second kappa shape index (κ2) is 7.03. The molecule has 1 atom stereocenters. The molecule has 3 heterocycles. The van der Waals surface area contributed by atoms with Gasteiger partial charge in [0.15, 0.2) is 11.5 Å². The summed E-state index contributed by atoms with van der Waals surface area (Å²) in [4.78, 5) is 19.0. The number of para-hydroxylation sites is 1. The lowest BCUT2D eigenvalue weighted by Crippen LogP contribution is -2.37. The Morgan fingerprint density at radius 2 is 2.04 bits per heavy atom. The lowest BCUT2D eigenvalue weighted by molar-refractivity contribution is -0.120. The zero-order valence-electron chi connectivity index (χ0n) is 15.2. The molecule has 1 aromatic carbocycles. The summed E-state index contributed by atoms with van der Waals surface area (Å²) in [6.07, 6.45) is 1.41. The van der Waals surface area contributed by atoms with Gasteiger partial charge in [-0.25, -0.2) is 0 Å². The van der Waals surface area contributed by atoms with Gasteiger partial charge >= 0.3 is 0 Å². The summed E-state index contributed by atoms with van der Waals surface area (Å²) >= 11 is 1.37. The molecule has 2 aromatic heterocycles. The fraction of sp³-hybridized carbons (Fsp3) is 0.263. The maximum Gasteiger partial charge on any atom is 0.247 e. The largest absolute Gasteiger partial charge is 0.460 e. The van der Waals surface area contributed by atoms with Gasteiger partial charge in [0.2, 0.25) is 23.2 Å². The fourth-order valence-corrected chi connectivity index (χ4v) is 3.31. The third-order valence-electron chi connectivity index (χ3n) is 4.27. The Morgan fingerprint density at radius 3 is 2.74 bits per heavy atom. The molecule has 0 radical (unpaired) electrons. The van der Waals surface area contributed by atoms with E-state index in [-0.39, 0.29) is 5.91 Å². The number of hydrogen-bond donors (Lipinski definition) is 0. The topological polar surface area (TPSA) is 81.4 Å². The molecule has 0 aliphatic carbocycles. The smallest absolute Gasteiger partial charge is 0.247 e. The number of aryl methyl sites for hydroxylation is 1. The number of anilines is 1. The minimum atomic E-state index is -0.778. The molecule has 1 aliphatic heterocycles. The number of thioether (sulfide) groups is 1. The summed E-state index contributed by atoms with van der Waals surface area (Å²) in [6, 6.07) is 11.2. The van der Waals surface area contributed by atoms with Crippen LogP contribution in [0.15, 0.2) is 46.0 Å². The van der Waals surface area contributed by atoms with E-state index in [1.807, 2.05) is 56.5 Å². The molecule has 0 bridgehead atoms. The zero-order chi connectivity index (χ0) is 19.0. The molecule has 138 valence electrons. The molecule has 0 saturated heterocycles. The summed E-state index contributed by atoms with van der Waals surface area (Å²) in [5, 5.41) is 8.95. The highest BCUT2D eigenvalue weighted by Crippen LogP contribution is 2.43. The van der Waals surface area contributed by atoms with Gasteiger partial charge in [-0.3, -0.25) is 9.69 Å². The number of nitrogens with zero attached hydrogens (tertiary/aromatic N) is 4. The van der Waals surface area contributed by atoms with Crippen molar-refractivity contribution in [1.29, 1.82) is 0 Å². The highest BCUT2D eigenvalue weighted by Gasteiger charge is 2.36. The number of carbonyl (C=O) groups is 1. The van der Waals surface area contributed by atoms with E-state index in [0.29, 0.717) is 34.6 Å². The van der Waals surface area contributed by atoms with Gasteiger partial charge in [-0.05, 0) is 31.4 Å². The lowest BCUT2D eigenvalue weighted by Gasteiger charge is -2.28. The van der Waals surface area contributed by atoms with Crippen molar-refractivity contribution in [3.8, 4) is 17.1 Å². The molecule has 0 saturated carbocycles. The van der Waals surface area contributed by atoms with Crippen LogP contribution in [0.4, 0.5) is 5.69 Å². The monoisotopic (exact) mass is 382 g/mol. The summed E-state index contributed by atoms with van der Waals surface area (Å²) in [6.45, 7) is 3.67. The number of aromatic nitrogens is 3. The Hall–Kier alpha value is -2.87. The van der Waals surface area contributed by atoms with Crippen molar-refractivity contribution in [3.63, 3.8) is 0 Å². The first-order chi connectivity index (χ1) is 13.1. The maximum absolute atomic E-state index is 12.9. The molecular formula is C19H18N4O3S. The number of fused-ring (bicyclic) bond motifs is 3. The van der Waals surface area contributed by atoms with Crippen LogP contribution < -0.4 is 9.64 Å². The third kappa shape index (κ3) is 3.06. The molecule has 3 aromatic rings. The van der Waals surface area contributed by atoms with Gasteiger partial charge in [-0.2, -0.15) is 4.98 Å². The quantitative estimate of drug-likeness (QED) is 0.633. The van der Waals surface area contributed by atoms with Gasteiger partial charge in [0.25, 0.3) is 0 Å². The van der Waals surface area contributed by atoms with Crippen LogP contribution in [0.2, 0.25) is 0 Å². The van der Waals surface area contributed by atoms with Gasteiger partial charge in [0, 0.05) is 12.0 Å². The minimum absolute atomic E-state index is 0.0904. The van der Waals surface area contributed by atoms with Crippen LogP contribution in [-0.4, -0.2) is 27.3 Å². The molecule has 4 rings (SSSR count). The van der Waals surface area contributed by atoms with E-state index in [2.05, 4.69) is 15.2 Å². The first kappa shape index (κ1) is 17.5. The molecule has 1 amide bonds. The van der Waals surface area contributed by atoms with Crippen molar-refractivity contribution in [2.45, 2.75) is 31.7 Å². The van der Waals surface area contributed by atoms with Crippen molar-refractivity contribution in [2.75, 3.05) is 11.2 Å². The predicted molar refractivity (Wildman–Crippen MR) is 102 cm³/mol. The van der Waals surface area contributed by atoms with Crippen LogP contribution in [-0.2, 0) is 4.79 Å². The molecule has 0 spiro atoms. The van der Waals surface area contributed by atoms with E-state index in [0.717, 1.165) is 11.3 Å². The van der Waals surface area contributed by atoms with Crippen molar-refractivity contribution in [2.24, 2.45) is 0 Å². The first-order valence-electron chi connectivity index (χ1n) is 8.55. The van der Waals surface area contributed by atoms with Gasteiger partial charge in [-0.15, -0.1) is 10.2 Å². The SMILES string of the molecule is CCC(=O)N1c2ccccc2-c2nnc(SC)nc2O[C@H]1c1ccc(C)o1. The van der Waals surface area contributed by atoms with Gasteiger partial charge in [-0.1, -0.05) is 36.9 Å². The van der Waals surface area contributed by atoms with Crippen molar-refractivity contribution >= 4 is 23.4 Å². The first-order valence-corrected chi connectivity index (χ1v) is 9.78. The minimum Gasteiger partial charge on any atom is -0.460 e. The molecule has 1 aliphatic rings. The molecule has 0 fully saturated rings. The van der Waals surface area contributed by atoms with Crippen LogP contribution in [0.3, 0.4) is 0 Å². The number of amides is 1. The standard InChI is InChI=1S/C19H18N4O3S/c1-4-15(24)23-13-8-6-5-7-12(13)16-17(20-19(27-3)22-21-16)26-18(23)14-10-9-11(2)25-14/h5-10,18H,4H2,1-3H3/t18-/m0/s1. The van der Waals surface area contributed by atoms with Gasteiger partial charge in [0.05, 0.1) is 5.69 Å². The Labute approximate surface area is 160 Å². The second-order valence-corrected chi connectivity index (χ2v) is 6.78. The number of rotatable bonds is 3. The normalized spacial score (nSPS) is 15.5.